The van der Waals surface area contributed by atoms with Crippen molar-refractivity contribution in [3.63, 3.8) is 0 Å². The van der Waals surface area contributed by atoms with Crippen LogP contribution in [0.15, 0.2) is 52.4 Å². The molecule has 1 aliphatic rings. The Morgan fingerprint density at radius 1 is 1.29 bits per heavy atom. The number of carbonyl (C=O) groups excluding carboxylic acids is 2. The molecule has 0 unspecified atom stereocenters. The number of benzene rings is 2. The lowest BCUT2D eigenvalue weighted by atomic mass is 10.1. The fourth-order valence-corrected chi connectivity index (χ4v) is 4.15. The second-order valence-electron chi connectivity index (χ2n) is 6.91. The number of halogens is 1. The lowest BCUT2D eigenvalue weighted by Gasteiger charge is -2.18. The molecule has 0 bridgehead atoms. The summed E-state index contributed by atoms with van der Waals surface area (Å²) >= 11 is 7.60. The molecule has 31 heavy (non-hydrogen) atoms. The number of para-hydroxylation sites is 1. The minimum atomic E-state index is -1.21. The van der Waals surface area contributed by atoms with Crippen LogP contribution in [0.1, 0.15) is 24.5 Å². The van der Waals surface area contributed by atoms with Gasteiger partial charge in [0.2, 0.25) is 0 Å². The Morgan fingerprint density at radius 3 is 2.74 bits per heavy atom. The van der Waals surface area contributed by atoms with Crippen molar-refractivity contribution in [3.05, 3.63) is 63.5 Å². The number of ether oxygens (including phenoxy) is 1. The topological polar surface area (TPSA) is 79.2 Å². The average Bonchev–Trinajstić information content (AvgIpc) is 3.06. The molecule has 8 heteroatoms. The first-order valence-electron chi connectivity index (χ1n) is 9.84. The van der Waals surface area contributed by atoms with Gasteiger partial charge >= 0.3 is 0 Å². The maximum Gasteiger partial charge on any atom is 0.271 e. The van der Waals surface area contributed by atoms with Crippen LogP contribution >= 0.6 is 23.4 Å². The van der Waals surface area contributed by atoms with Crippen molar-refractivity contribution in [2.24, 2.45) is 4.99 Å². The zero-order valence-electron chi connectivity index (χ0n) is 17.2. The van der Waals surface area contributed by atoms with Crippen LogP contribution in [0.25, 0.3) is 6.08 Å². The summed E-state index contributed by atoms with van der Waals surface area (Å²) in [5.74, 6) is 0.210. The molecule has 1 amide bonds. The number of hydrogen-bond acceptors (Lipinski definition) is 6. The molecule has 1 saturated heterocycles. The molecule has 162 valence electrons. The lowest BCUT2D eigenvalue weighted by molar-refractivity contribution is -0.116. The molecule has 1 atom stereocenters. The zero-order chi connectivity index (χ0) is 22.4. The Hall–Kier alpha value is -2.61. The highest BCUT2D eigenvalue weighted by molar-refractivity contribution is 8.19. The summed E-state index contributed by atoms with van der Waals surface area (Å²) in [5.41, 5.74) is 2.53. The Labute approximate surface area is 190 Å². The first-order valence-corrected chi connectivity index (χ1v) is 11.0. The second kappa shape index (κ2) is 10.6. The Morgan fingerprint density at radius 2 is 2.06 bits per heavy atom. The molecule has 1 aliphatic heterocycles. The smallest absolute Gasteiger partial charge is 0.271 e. The van der Waals surface area contributed by atoms with E-state index in [-0.39, 0.29) is 12.5 Å². The monoisotopic (exact) mass is 458 g/mol. The fraction of sp³-hybridized carbons (Fsp3) is 0.261. The number of aldehydes is 1. The number of hydrogen-bond donors (Lipinski definition) is 1. The number of amides is 1. The molecule has 0 radical (unpaired) electrons. The maximum absolute atomic E-state index is 13.2. The van der Waals surface area contributed by atoms with Crippen molar-refractivity contribution in [2.45, 2.75) is 26.4 Å². The first-order chi connectivity index (χ1) is 14.9. The fourth-order valence-electron chi connectivity index (χ4n) is 2.90. The van der Waals surface area contributed by atoms with E-state index in [0.29, 0.717) is 33.7 Å². The van der Waals surface area contributed by atoms with Gasteiger partial charge in [0.1, 0.15) is 18.5 Å². The predicted molar refractivity (Wildman–Crippen MR) is 126 cm³/mol. The minimum Gasteiger partial charge on any atom is -0.489 e. The summed E-state index contributed by atoms with van der Waals surface area (Å²) in [6.07, 6.45) is 1.84. The molecule has 6 nitrogen and oxygen atoms in total. The van der Waals surface area contributed by atoms with E-state index in [1.165, 1.54) is 11.8 Å². The van der Waals surface area contributed by atoms with Crippen LogP contribution < -0.4 is 9.64 Å². The summed E-state index contributed by atoms with van der Waals surface area (Å²) in [6, 6.07) is 12.8. The van der Waals surface area contributed by atoms with Gasteiger partial charge in [0.05, 0.1) is 15.6 Å². The molecular weight excluding hydrogens is 436 g/mol. The van der Waals surface area contributed by atoms with E-state index in [0.717, 1.165) is 23.2 Å². The summed E-state index contributed by atoms with van der Waals surface area (Å²) in [7, 11) is 0. The molecule has 1 fully saturated rings. The SMILES string of the molecule is CCCN=C1S/C(=C\c2ccc(OC[C@H](O)C=O)c(Cl)c2)C(=O)N1c1ccccc1C. The van der Waals surface area contributed by atoms with Gasteiger partial charge in [0.25, 0.3) is 5.91 Å². The highest BCUT2D eigenvalue weighted by atomic mass is 35.5. The Balaban J connectivity index is 1.88. The van der Waals surface area contributed by atoms with Crippen LogP contribution in [0.3, 0.4) is 0 Å². The number of aliphatic imine (C=N–C) groups is 1. The van der Waals surface area contributed by atoms with Crippen LogP contribution in [0.4, 0.5) is 5.69 Å². The van der Waals surface area contributed by atoms with Crippen LogP contribution in [0, 0.1) is 6.92 Å². The Bertz CT molecular complexity index is 1040. The molecule has 0 spiro atoms. The number of anilines is 1. The second-order valence-corrected chi connectivity index (χ2v) is 8.32. The van der Waals surface area contributed by atoms with E-state index in [1.54, 1.807) is 29.2 Å². The van der Waals surface area contributed by atoms with Crippen LogP contribution in [-0.4, -0.2) is 41.7 Å². The van der Waals surface area contributed by atoms with Crippen molar-refractivity contribution in [1.82, 2.24) is 0 Å². The quantitative estimate of drug-likeness (QED) is 0.466. The normalized spacial score (nSPS) is 17.4. The van der Waals surface area contributed by atoms with Gasteiger partial charge in [-0.25, -0.2) is 0 Å². The van der Waals surface area contributed by atoms with Crippen molar-refractivity contribution >= 4 is 52.5 Å². The first kappa shape index (κ1) is 23.1. The van der Waals surface area contributed by atoms with Crippen molar-refractivity contribution < 1.29 is 19.4 Å². The summed E-state index contributed by atoms with van der Waals surface area (Å²) in [4.78, 5) is 30.6. The standard InChI is InChI=1S/C23H23ClN2O4S/c1-3-10-25-23-26(19-7-5-4-6-15(19)2)22(29)21(31-23)12-16-8-9-20(18(24)11-16)30-14-17(28)13-27/h4-9,11-13,17,28H,3,10,14H2,1-2H3/b21-12-,25-23?/t17-/m1/s1. The van der Waals surface area contributed by atoms with Crippen molar-refractivity contribution in [3.8, 4) is 5.75 Å². The van der Waals surface area contributed by atoms with Gasteiger partial charge in [-0.05, 0) is 60.5 Å². The average molecular weight is 459 g/mol. The number of aliphatic hydroxyl groups is 1. The molecule has 0 aliphatic carbocycles. The molecule has 1 heterocycles. The number of nitrogens with zero attached hydrogens (tertiary/aromatic N) is 2. The summed E-state index contributed by atoms with van der Waals surface area (Å²) in [6.45, 7) is 4.46. The van der Waals surface area contributed by atoms with Crippen LogP contribution in [0.2, 0.25) is 5.02 Å². The predicted octanol–water partition coefficient (Wildman–Crippen LogP) is 4.47. The summed E-state index contributed by atoms with van der Waals surface area (Å²) < 4.78 is 5.35. The third-order valence-electron chi connectivity index (χ3n) is 4.45. The van der Waals surface area contributed by atoms with E-state index in [2.05, 4.69) is 4.99 Å². The highest BCUT2D eigenvalue weighted by Crippen LogP contribution is 2.38. The van der Waals surface area contributed by atoms with E-state index >= 15 is 0 Å². The van der Waals surface area contributed by atoms with Gasteiger partial charge < -0.3 is 14.6 Å². The number of carbonyl (C=O) groups is 2. The minimum absolute atomic E-state index is 0.139. The molecule has 2 aromatic rings. The lowest BCUT2D eigenvalue weighted by Crippen LogP contribution is -2.29. The molecule has 3 rings (SSSR count). The number of thioether (sulfide) groups is 1. The van der Waals surface area contributed by atoms with Gasteiger partial charge in [-0.1, -0.05) is 42.8 Å². The number of amidine groups is 1. The van der Waals surface area contributed by atoms with Crippen LogP contribution in [0.5, 0.6) is 5.75 Å². The van der Waals surface area contributed by atoms with Crippen molar-refractivity contribution in [2.75, 3.05) is 18.1 Å². The van der Waals surface area contributed by atoms with E-state index < -0.39 is 6.10 Å². The zero-order valence-corrected chi connectivity index (χ0v) is 18.8. The molecule has 1 N–H and O–H groups in total. The molecule has 0 saturated carbocycles. The molecule has 2 aromatic carbocycles. The van der Waals surface area contributed by atoms with Gasteiger partial charge in [0.15, 0.2) is 11.5 Å². The van der Waals surface area contributed by atoms with E-state index in [9.17, 15) is 14.7 Å². The number of rotatable bonds is 8. The number of aliphatic hydroxyl groups excluding tert-OH is 1. The maximum atomic E-state index is 13.2. The van der Waals surface area contributed by atoms with Gasteiger partial charge in [-0.15, -0.1) is 0 Å². The van der Waals surface area contributed by atoms with Gasteiger partial charge in [-0.2, -0.15) is 0 Å². The van der Waals surface area contributed by atoms with Crippen LogP contribution in [-0.2, 0) is 9.59 Å². The third kappa shape index (κ3) is 5.55. The highest BCUT2D eigenvalue weighted by Gasteiger charge is 2.35. The van der Waals surface area contributed by atoms with Gasteiger partial charge in [0, 0.05) is 6.54 Å². The summed E-state index contributed by atoms with van der Waals surface area (Å²) in [5, 5.41) is 10.3. The van der Waals surface area contributed by atoms with Gasteiger partial charge in [-0.3, -0.25) is 14.7 Å². The number of aryl methyl sites for hydroxylation is 1. The Kier molecular flexibility index (Phi) is 7.90. The van der Waals surface area contributed by atoms with E-state index in [4.69, 9.17) is 16.3 Å². The third-order valence-corrected chi connectivity index (χ3v) is 5.76. The van der Waals surface area contributed by atoms with Crippen molar-refractivity contribution in [1.29, 1.82) is 0 Å². The largest absolute Gasteiger partial charge is 0.489 e. The molecule has 0 aromatic heterocycles. The van der Waals surface area contributed by atoms with E-state index in [1.807, 2.05) is 38.1 Å². The molecular formula is C23H23ClN2O4S.